The topological polar surface area (TPSA) is 13.1 Å². The quantitative estimate of drug-likeness (QED) is 0.266. The summed E-state index contributed by atoms with van der Waals surface area (Å²) in [5, 5.41) is 6.13. The summed E-state index contributed by atoms with van der Waals surface area (Å²) >= 11 is 0. The zero-order chi connectivity index (χ0) is 20.9. The molecule has 0 saturated carbocycles. The van der Waals surface area contributed by atoms with Crippen molar-refractivity contribution in [2.24, 2.45) is 0 Å². The first-order chi connectivity index (χ1) is 15.2. The molecular formula is C30H22O. The molecule has 0 saturated heterocycles. The van der Waals surface area contributed by atoms with Crippen molar-refractivity contribution in [1.29, 1.82) is 0 Å². The van der Waals surface area contributed by atoms with Crippen LogP contribution in [0.5, 0.6) is 0 Å². The van der Waals surface area contributed by atoms with Crippen molar-refractivity contribution in [3.8, 4) is 22.5 Å². The van der Waals surface area contributed by atoms with Crippen molar-refractivity contribution >= 4 is 32.5 Å². The predicted molar refractivity (Wildman–Crippen MR) is 132 cm³/mol. The summed E-state index contributed by atoms with van der Waals surface area (Å²) in [7, 11) is 0. The third-order valence-electron chi connectivity index (χ3n) is 6.16. The van der Waals surface area contributed by atoms with Crippen LogP contribution in [0.25, 0.3) is 55.0 Å². The van der Waals surface area contributed by atoms with Gasteiger partial charge >= 0.3 is 0 Å². The highest BCUT2D eigenvalue weighted by Crippen LogP contribution is 2.47. The number of benzene rings is 5. The maximum absolute atomic E-state index is 6.73. The van der Waals surface area contributed by atoms with E-state index in [1.165, 1.54) is 38.2 Å². The smallest absolute Gasteiger partial charge is 0.143 e. The van der Waals surface area contributed by atoms with Crippen LogP contribution in [0.4, 0.5) is 0 Å². The summed E-state index contributed by atoms with van der Waals surface area (Å²) in [5.74, 6) is 0.928. The molecule has 0 fully saturated rings. The third kappa shape index (κ3) is 2.78. The van der Waals surface area contributed by atoms with E-state index in [1.54, 1.807) is 0 Å². The molecule has 0 aliphatic heterocycles. The van der Waals surface area contributed by atoms with Gasteiger partial charge in [-0.15, -0.1) is 0 Å². The first-order valence-corrected chi connectivity index (χ1v) is 10.7. The molecule has 0 N–H and O–H groups in total. The molecule has 0 radical (unpaired) electrons. The Bertz CT molecular complexity index is 1570. The standard InChI is InChI=1S/C30H22O/c1-19-13-15-23-25(17-19)26-18-20(2)14-16-24(26)30-28(23)27(21-9-5-3-6-10-21)29(31-30)22-11-7-4-8-12-22/h3-18H,1-2H3. The van der Waals surface area contributed by atoms with E-state index in [4.69, 9.17) is 4.42 Å². The molecule has 0 aliphatic rings. The number of hydrogen-bond donors (Lipinski definition) is 0. The van der Waals surface area contributed by atoms with E-state index in [9.17, 15) is 0 Å². The number of aryl methyl sites for hydroxylation is 2. The molecule has 1 heteroatoms. The fourth-order valence-electron chi connectivity index (χ4n) is 4.73. The van der Waals surface area contributed by atoms with Gasteiger partial charge in [-0.25, -0.2) is 0 Å². The van der Waals surface area contributed by atoms with Crippen LogP contribution in [0.1, 0.15) is 11.1 Å². The first-order valence-electron chi connectivity index (χ1n) is 10.7. The number of fused-ring (bicyclic) bond motifs is 6. The normalized spacial score (nSPS) is 11.5. The minimum absolute atomic E-state index is 0.928. The lowest BCUT2D eigenvalue weighted by atomic mass is 9.91. The Morgan fingerprint density at radius 3 is 1.71 bits per heavy atom. The van der Waals surface area contributed by atoms with Crippen LogP contribution in [-0.4, -0.2) is 0 Å². The fourth-order valence-corrected chi connectivity index (χ4v) is 4.73. The van der Waals surface area contributed by atoms with Crippen molar-refractivity contribution in [3.05, 3.63) is 108 Å². The highest BCUT2D eigenvalue weighted by atomic mass is 16.3. The van der Waals surface area contributed by atoms with Crippen molar-refractivity contribution in [3.63, 3.8) is 0 Å². The highest BCUT2D eigenvalue weighted by Gasteiger charge is 2.22. The average molecular weight is 399 g/mol. The maximum Gasteiger partial charge on any atom is 0.143 e. The van der Waals surface area contributed by atoms with Crippen molar-refractivity contribution in [1.82, 2.24) is 0 Å². The summed E-state index contributed by atoms with van der Waals surface area (Å²) in [6.07, 6.45) is 0. The van der Waals surface area contributed by atoms with Crippen molar-refractivity contribution < 1.29 is 4.42 Å². The Labute approximate surface area is 181 Å². The van der Waals surface area contributed by atoms with Gasteiger partial charge in [0, 0.05) is 21.9 Å². The lowest BCUT2D eigenvalue weighted by Crippen LogP contribution is -1.85. The molecule has 0 aliphatic carbocycles. The highest BCUT2D eigenvalue weighted by molar-refractivity contribution is 6.28. The Morgan fingerprint density at radius 2 is 1.06 bits per heavy atom. The molecule has 6 rings (SSSR count). The molecule has 0 amide bonds. The van der Waals surface area contributed by atoms with Crippen LogP contribution in [0.2, 0.25) is 0 Å². The molecule has 1 aromatic heterocycles. The third-order valence-corrected chi connectivity index (χ3v) is 6.16. The van der Waals surface area contributed by atoms with Crippen LogP contribution in [-0.2, 0) is 0 Å². The summed E-state index contributed by atoms with van der Waals surface area (Å²) < 4.78 is 6.73. The van der Waals surface area contributed by atoms with Gasteiger partial charge in [-0.2, -0.15) is 0 Å². The second-order valence-corrected chi connectivity index (χ2v) is 8.34. The van der Waals surface area contributed by atoms with Gasteiger partial charge in [0.15, 0.2) is 0 Å². The van der Waals surface area contributed by atoms with E-state index in [-0.39, 0.29) is 0 Å². The van der Waals surface area contributed by atoms with Crippen LogP contribution < -0.4 is 0 Å². The number of furan rings is 1. The Balaban J connectivity index is 1.89. The maximum atomic E-state index is 6.73. The largest absolute Gasteiger partial charge is 0.455 e. The first kappa shape index (κ1) is 18.0. The van der Waals surface area contributed by atoms with Crippen LogP contribution in [0.3, 0.4) is 0 Å². The Morgan fingerprint density at radius 1 is 0.516 bits per heavy atom. The van der Waals surface area contributed by atoms with E-state index in [0.717, 1.165) is 27.9 Å². The minimum atomic E-state index is 0.928. The molecular weight excluding hydrogens is 376 g/mol. The van der Waals surface area contributed by atoms with Gasteiger partial charge in [-0.05, 0) is 35.6 Å². The van der Waals surface area contributed by atoms with Crippen LogP contribution >= 0.6 is 0 Å². The molecule has 1 nitrogen and oxygen atoms in total. The van der Waals surface area contributed by atoms with Gasteiger partial charge in [0.2, 0.25) is 0 Å². The van der Waals surface area contributed by atoms with Crippen molar-refractivity contribution in [2.45, 2.75) is 13.8 Å². The number of hydrogen-bond acceptors (Lipinski definition) is 1. The van der Waals surface area contributed by atoms with Gasteiger partial charge in [-0.3, -0.25) is 0 Å². The molecule has 5 aromatic carbocycles. The van der Waals surface area contributed by atoms with E-state index in [1.807, 2.05) is 6.07 Å². The molecule has 0 spiro atoms. The molecule has 0 bridgehead atoms. The van der Waals surface area contributed by atoms with Crippen LogP contribution in [0.15, 0.2) is 101 Å². The van der Waals surface area contributed by atoms with Gasteiger partial charge in [0.1, 0.15) is 11.3 Å². The Hall–Kier alpha value is -3.84. The zero-order valence-electron chi connectivity index (χ0n) is 17.6. The molecule has 1 heterocycles. The summed E-state index contributed by atoms with van der Waals surface area (Å²) in [5.41, 5.74) is 6.92. The van der Waals surface area contributed by atoms with Gasteiger partial charge in [-0.1, -0.05) is 108 Å². The molecule has 148 valence electrons. The monoisotopic (exact) mass is 398 g/mol. The van der Waals surface area contributed by atoms with E-state index < -0.39 is 0 Å². The summed E-state index contributed by atoms with van der Waals surface area (Å²) in [6, 6.07) is 34.5. The number of rotatable bonds is 2. The minimum Gasteiger partial charge on any atom is -0.455 e. The SMILES string of the molecule is Cc1ccc2c(c1)c1cc(C)ccc1c1c(-c3ccccc3)c(-c3ccccc3)oc21. The summed E-state index contributed by atoms with van der Waals surface area (Å²) in [6.45, 7) is 4.31. The van der Waals surface area contributed by atoms with Gasteiger partial charge in [0.25, 0.3) is 0 Å². The molecule has 0 unspecified atom stereocenters. The van der Waals surface area contributed by atoms with Gasteiger partial charge in [0.05, 0.1) is 0 Å². The predicted octanol–water partition coefficient (Wildman–Crippen LogP) is 8.69. The average Bonchev–Trinajstić information content (AvgIpc) is 3.21. The molecule has 6 aromatic rings. The Kier molecular flexibility index (Phi) is 3.97. The van der Waals surface area contributed by atoms with Crippen molar-refractivity contribution in [2.75, 3.05) is 0 Å². The second-order valence-electron chi connectivity index (χ2n) is 8.34. The van der Waals surface area contributed by atoms with E-state index in [0.29, 0.717) is 0 Å². The van der Waals surface area contributed by atoms with E-state index in [2.05, 4.69) is 105 Å². The zero-order valence-corrected chi connectivity index (χ0v) is 17.6. The van der Waals surface area contributed by atoms with Gasteiger partial charge < -0.3 is 4.42 Å². The molecule has 31 heavy (non-hydrogen) atoms. The molecule has 0 atom stereocenters. The van der Waals surface area contributed by atoms with E-state index >= 15 is 0 Å². The lowest BCUT2D eigenvalue weighted by Gasteiger charge is -2.10. The fraction of sp³-hybridized carbons (Fsp3) is 0.0667. The second kappa shape index (κ2) is 6.85. The van der Waals surface area contributed by atoms with Crippen LogP contribution in [0, 0.1) is 13.8 Å². The summed E-state index contributed by atoms with van der Waals surface area (Å²) in [4.78, 5) is 0. The lowest BCUT2D eigenvalue weighted by molar-refractivity contribution is 0.636.